The Kier molecular flexibility index (Phi) is 60.1. The average molecular weight is 1200 g/mol. The number of ether oxygens (including phenoxy) is 4. The molecule has 2 aromatic carbocycles. The van der Waals surface area contributed by atoms with Crippen molar-refractivity contribution in [3.8, 4) is 0 Å². The van der Waals surface area contributed by atoms with Gasteiger partial charge in [0.05, 0.1) is 48.7 Å². The number of rotatable bonds is 62. The van der Waals surface area contributed by atoms with Crippen LogP contribution in [0, 0.1) is 0 Å². The molecule has 0 spiro atoms. The lowest BCUT2D eigenvalue weighted by atomic mass is 10.0. The van der Waals surface area contributed by atoms with Gasteiger partial charge >= 0.3 is 23.9 Å². The van der Waals surface area contributed by atoms with E-state index in [1.807, 2.05) is 0 Å². The number of hydrogen-bond acceptors (Lipinski definition) is 8. The van der Waals surface area contributed by atoms with E-state index in [0.29, 0.717) is 48.7 Å². The van der Waals surface area contributed by atoms with E-state index in [2.05, 4.69) is 27.7 Å². The molecule has 0 radical (unpaired) electrons. The van der Waals surface area contributed by atoms with Crippen molar-refractivity contribution in [2.75, 3.05) is 26.4 Å². The third-order valence-corrected chi connectivity index (χ3v) is 17.1. The molecule has 86 heavy (non-hydrogen) atoms. The fourth-order valence-electron chi connectivity index (χ4n) is 11.3. The van der Waals surface area contributed by atoms with Crippen molar-refractivity contribution in [3.05, 3.63) is 70.8 Å². The van der Waals surface area contributed by atoms with E-state index in [1.54, 1.807) is 48.5 Å². The number of carbonyl (C=O) groups excluding carboxylic acids is 4. The van der Waals surface area contributed by atoms with Crippen LogP contribution in [0.2, 0.25) is 0 Å². The third-order valence-electron chi connectivity index (χ3n) is 17.1. The van der Waals surface area contributed by atoms with Crippen LogP contribution >= 0.6 is 0 Å². The Labute approximate surface area is 531 Å². The molecule has 8 heteroatoms. The number of carbonyl (C=O) groups is 4. The lowest BCUT2D eigenvalue weighted by Crippen LogP contribution is -2.09. The highest BCUT2D eigenvalue weighted by Crippen LogP contribution is 2.19. The van der Waals surface area contributed by atoms with E-state index < -0.39 is 0 Å². The van der Waals surface area contributed by atoms with Crippen molar-refractivity contribution in [2.24, 2.45) is 0 Å². The van der Waals surface area contributed by atoms with Gasteiger partial charge in [-0.05, 0) is 74.2 Å². The summed E-state index contributed by atoms with van der Waals surface area (Å²) in [5.74, 6) is -1.27. The molecule has 0 unspecified atom stereocenters. The van der Waals surface area contributed by atoms with Gasteiger partial charge in [0.2, 0.25) is 0 Å². The van der Waals surface area contributed by atoms with Crippen LogP contribution in [-0.2, 0) is 18.9 Å². The van der Waals surface area contributed by atoms with E-state index in [-0.39, 0.29) is 23.9 Å². The normalized spacial score (nSPS) is 11.1. The van der Waals surface area contributed by atoms with Gasteiger partial charge in [0.25, 0.3) is 0 Å². The molecule has 0 atom stereocenters. The van der Waals surface area contributed by atoms with E-state index in [1.165, 1.54) is 295 Å². The summed E-state index contributed by atoms with van der Waals surface area (Å²) in [6.45, 7) is 10.9. The van der Waals surface area contributed by atoms with Crippen molar-refractivity contribution in [1.29, 1.82) is 0 Å². The van der Waals surface area contributed by atoms with E-state index in [0.717, 1.165) is 51.4 Å². The van der Waals surface area contributed by atoms with Gasteiger partial charge in [-0.3, -0.25) is 0 Å². The number of unbranched alkanes of at least 4 members (excludes halogenated alkanes) is 50. The fourth-order valence-corrected chi connectivity index (χ4v) is 11.3. The smallest absolute Gasteiger partial charge is 0.338 e. The SMILES string of the molecule is CCCCCCCCCCCCCCCCCCOC(=O)c1ccc(C(=O)OCCCCCCCCCCCCCCCCCC)cc1.CCCCCCCCCCCCCOC(=O)c1ccc(C(=O)OCCCCCCCCCCCCC)cc1. The van der Waals surface area contributed by atoms with Gasteiger partial charge in [-0.15, -0.1) is 0 Å². The first-order chi connectivity index (χ1) is 42.4. The van der Waals surface area contributed by atoms with Gasteiger partial charge in [0.1, 0.15) is 0 Å². The molecule has 0 N–H and O–H groups in total. The molecular formula is C78H136O8. The van der Waals surface area contributed by atoms with E-state index >= 15 is 0 Å². The molecular weight excluding hydrogens is 1060 g/mol. The van der Waals surface area contributed by atoms with Gasteiger partial charge in [-0.25, -0.2) is 19.2 Å². The van der Waals surface area contributed by atoms with E-state index in [9.17, 15) is 19.2 Å². The van der Waals surface area contributed by atoms with Gasteiger partial charge in [-0.2, -0.15) is 0 Å². The molecule has 0 aliphatic carbocycles. The third kappa shape index (κ3) is 52.3. The van der Waals surface area contributed by atoms with Crippen LogP contribution in [0.15, 0.2) is 48.5 Å². The molecule has 2 aromatic rings. The highest BCUT2D eigenvalue weighted by atomic mass is 16.5. The van der Waals surface area contributed by atoms with Gasteiger partial charge < -0.3 is 18.9 Å². The lowest BCUT2D eigenvalue weighted by Gasteiger charge is -2.07. The number of esters is 4. The summed E-state index contributed by atoms with van der Waals surface area (Å²) in [6.07, 6.45) is 70.4. The van der Waals surface area contributed by atoms with Crippen molar-refractivity contribution in [3.63, 3.8) is 0 Å². The Morgan fingerprint density at radius 1 is 0.186 bits per heavy atom. The summed E-state index contributed by atoms with van der Waals surface area (Å²) in [4.78, 5) is 49.3. The first-order valence-electron chi connectivity index (χ1n) is 37.3. The maximum atomic E-state index is 12.4. The minimum Gasteiger partial charge on any atom is -0.462 e. The van der Waals surface area contributed by atoms with Gasteiger partial charge in [0.15, 0.2) is 0 Å². The summed E-state index contributed by atoms with van der Waals surface area (Å²) in [7, 11) is 0. The predicted octanol–water partition coefficient (Wildman–Crippen LogP) is 25.1. The second-order valence-electron chi connectivity index (χ2n) is 25.4. The van der Waals surface area contributed by atoms with Crippen molar-refractivity contribution in [2.45, 2.75) is 374 Å². The second-order valence-corrected chi connectivity index (χ2v) is 25.4. The van der Waals surface area contributed by atoms with Crippen LogP contribution in [0.4, 0.5) is 0 Å². The molecule has 2 rings (SSSR count). The lowest BCUT2D eigenvalue weighted by molar-refractivity contribution is 0.0483. The summed E-state index contributed by atoms with van der Waals surface area (Å²) in [5.41, 5.74) is 1.94. The molecule has 0 aliphatic rings. The van der Waals surface area contributed by atoms with Crippen LogP contribution in [0.5, 0.6) is 0 Å². The molecule has 0 saturated carbocycles. The quantitative estimate of drug-likeness (QED) is 0.0366. The Morgan fingerprint density at radius 3 is 0.407 bits per heavy atom. The molecule has 0 amide bonds. The Morgan fingerprint density at radius 2 is 0.291 bits per heavy atom. The molecule has 0 aromatic heterocycles. The van der Waals surface area contributed by atoms with Gasteiger partial charge in [-0.1, -0.05) is 349 Å². The molecule has 8 nitrogen and oxygen atoms in total. The van der Waals surface area contributed by atoms with E-state index in [4.69, 9.17) is 18.9 Å². The fraction of sp³-hybridized carbons (Fsp3) is 0.795. The van der Waals surface area contributed by atoms with Gasteiger partial charge in [0, 0.05) is 0 Å². The summed E-state index contributed by atoms with van der Waals surface area (Å²) in [6, 6.07) is 13.3. The first-order valence-corrected chi connectivity index (χ1v) is 37.3. The zero-order chi connectivity index (χ0) is 62.1. The molecule has 0 aliphatic heterocycles. The highest BCUT2D eigenvalue weighted by molar-refractivity contribution is 5.94. The van der Waals surface area contributed by atoms with Crippen LogP contribution in [0.3, 0.4) is 0 Å². The first kappa shape index (κ1) is 80.3. The monoisotopic (exact) mass is 1200 g/mol. The molecule has 0 bridgehead atoms. The maximum Gasteiger partial charge on any atom is 0.338 e. The Hall–Kier alpha value is -3.68. The zero-order valence-corrected chi connectivity index (χ0v) is 56.9. The molecule has 496 valence electrons. The van der Waals surface area contributed by atoms with Crippen LogP contribution in [-0.4, -0.2) is 50.3 Å². The molecule has 0 saturated heterocycles. The molecule has 0 fully saturated rings. The summed E-state index contributed by atoms with van der Waals surface area (Å²) in [5, 5.41) is 0. The van der Waals surface area contributed by atoms with Crippen LogP contribution in [0.1, 0.15) is 416 Å². The number of benzene rings is 2. The Balaban J connectivity index is 0.000000884. The molecule has 0 heterocycles. The van der Waals surface area contributed by atoms with Crippen molar-refractivity contribution < 1.29 is 38.1 Å². The summed E-state index contributed by atoms with van der Waals surface area (Å²) < 4.78 is 21.7. The summed E-state index contributed by atoms with van der Waals surface area (Å²) >= 11 is 0. The minimum absolute atomic E-state index is 0.316. The van der Waals surface area contributed by atoms with Crippen LogP contribution in [0.25, 0.3) is 0 Å². The predicted molar refractivity (Wildman–Crippen MR) is 366 cm³/mol. The largest absolute Gasteiger partial charge is 0.462 e. The highest BCUT2D eigenvalue weighted by Gasteiger charge is 2.13. The zero-order valence-electron chi connectivity index (χ0n) is 56.9. The Bertz CT molecular complexity index is 1650. The topological polar surface area (TPSA) is 105 Å². The minimum atomic E-state index is -0.321. The maximum absolute atomic E-state index is 12.4. The van der Waals surface area contributed by atoms with Crippen molar-refractivity contribution in [1.82, 2.24) is 0 Å². The average Bonchev–Trinajstić information content (AvgIpc) is 3.73. The van der Waals surface area contributed by atoms with Crippen LogP contribution < -0.4 is 0 Å². The standard InChI is InChI=1S/C44H78O4.C34H58O4/c1-3-5-7-9-11-13-15-17-19-21-23-25-27-29-31-33-39-47-43(45)41-35-37-42(38-36-41)44(46)48-40-34-32-30-28-26-24-22-20-18-16-14-12-10-8-6-4-2;1-3-5-7-9-11-13-15-17-19-21-23-29-37-33(35)31-25-27-32(28-26-31)34(36)38-30-24-22-20-18-16-14-12-10-8-6-4-2/h35-38H,3-34,39-40H2,1-2H3;25-28H,3-24,29-30H2,1-2H3. The second kappa shape index (κ2) is 64.3. The van der Waals surface area contributed by atoms with Crippen molar-refractivity contribution >= 4 is 23.9 Å². The number of hydrogen-bond donors (Lipinski definition) is 0.